The van der Waals surface area contributed by atoms with E-state index in [9.17, 15) is 9.59 Å². The molecule has 1 unspecified atom stereocenters. The van der Waals surface area contributed by atoms with E-state index in [0.717, 1.165) is 12.5 Å². The lowest BCUT2D eigenvalue weighted by atomic mass is 10.2. The van der Waals surface area contributed by atoms with Gasteiger partial charge in [0.05, 0.1) is 20.6 Å². The van der Waals surface area contributed by atoms with Crippen LogP contribution in [-0.4, -0.2) is 61.5 Å². The molecule has 1 N–H and O–H groups in total. The van der Waals surface area contributed by atoms with Crippen LogP contribution < -0.4 is 5.32 Å². The van der Waals surface area contributed by atoms with E-state index in [-0.39, 0.29) is 6.42 Å². The van der Waals surface area contributed by atoms with Gasteiger partial charge in [-0.2, -0.15) is 0 Å². The Labute approximate surface area is 121 Å². The topological polar surface area (TPSA) is 83.1 Å². The first-order valence-corrected chi connectivity index (χ1v) is 8.93. The first-order valence-electron chi connectivity index (χ1n) is 6.40. The molecule has 0 aliphatic carbocycles. The summed E-state index contributed by atoms with van der Waals surface area (Å²) in [4.78, 5) is 22.8. The van der Waals surface area contributed by atoms with Crippen molar-refractivity contribution >= 4 is 20.5 Å². The Morgan fingerprint density at radius 1 is 1.10 bits per heavy atom. The maximum absolute atomic E-state index is 11.5. The number of hydrogen-bond donors (Lipinski definition) is 1. The molecule has 0 bridgehead atoms. The summed E-state index contributed by atoms with van der Waals surface area (Å²) in [6.07, 6.45) is 0.728. The Morgan fingerprint density at radius 3 is 2.15 bits per heavy atom. The second-order valence-electron chi connectivity index (χ2n) is 4.46. The van der Waals surface area contributed by atoms with E-state index in [0.29, 0.717) is 6.54 Å². The van der Waals surface area contributed by atoms with Crippen LogP contribution in [0.4, 0.5) is 0 Å². The number of methoxy groups -OCH3 is 2. The fraction of sp³-hybridized carbons (Fsp3) is 0.833. The standard InChI is InChI=1S/C12H25NO6Si/c1-16-11(14)9-10(12(15)17-2)13-7-6-8-20(5,18-3)19-4/h10,13H,6-9H2,1-5H3. The zero-order chi connectivity index (χ0) is 15.6. The van der Waals surface area contributed by atoms with Gasteiger partial charge in [0, 0.05) is 14.2 Å². The predicted molar refractivity (Wildman–Crippen MR) is 75.5 cm³/mol. The van der Waals surface area contributed by atoms with E-state index >= 15 is 0 Å². The monoisotopic (exact) mass is 307 g/mol. The van der Waals surface area contributed by atoms with Gasteiger partial charge in [-0.15, -0.1) is 0 Å². The van der Waals surface area contributed by atoms with Gasteiger partial charge in [0.1, 0.15) is 6.04 Å². The van der Waals surface area contributed by atoms with Gasteiger partial charge in [-0.1, -0.05) is 0 Å². The van der Waals surface area contributed by atoms with Gasteiger partial charge in [-0.3, -0.25) is 9.59 Å². The Balaban J connectivity index is 4.20. The molecule has 0 fully saturated rings. The molecule has 0 aliphatic rings. The van der Waals surface area contributed by atoms with Crippen molar-refractivity contribution in [1.29, 1.82) is 0 Å². The van der Waals surface area contributed by atoms with E-state index in [2.05, 4.69) is 14.8 Å². The van der Waals surface area contributed by atoms with Crippen molar-refractivity contribution in [3.8, 4) is 0 Å². The number of hydrogen-bond acceptors (Lipinski definition) is 7. The number of esters is 2. The molecule has 0 radical (unpaired) electrons. The van der Waals surface area contributed by atoms with Crippen LogP contribution in [-0.2, 0) is 27.9 Å². The normalized spacial score (nSPS) is 12.8. The van der Waals surface area contributed by atoms with Crippen molar-refractivity contribution in [2.24, 2.45) is 0 Å². The van der Waals surface area contributed by atoms with Crippen molar-refractivity contribution in [3.63, 3.8) is 0 Å². The van der Waals surface area contributed by atoms with Crippen LogP contribution in [0.15, 0.2) is 0 Å². The number of rotatable bonds is 10. The maximum Gasteiger partial charge on any atom is 0.334 e. The zero-order valence-corrected chi connectivity index (χ0v) is 13.9. The molecule has 0 saturated heterocycles. The third-order valence-corrected chi connectivity index (χ3v) is 6.14. The maximum atomic E-state index is 11.5. The molecule has 0 amide bonds. The number of carbonyl (C=O) groups is 2. The summed E-state index contributed by atoms with van der Waals surface area (Å²) < 4.78 is 19.9. The Kier molecular flexibility index (Phi) is 9.39. The molecule has 0 aliphatic heterocycles. The highest BCUT2D eigenvalue weighted by molar-refractivity contribution is 6.65. The molecule has 0 aromatic carbocycles. The summed E-state index contributed by atoms with van der Waals surface area (Å²) in [5.74, 6) is -0.935. The van der Waals surface area contributed by atoms with Gasteiger partial charge in [0.25, 0.3) is 0 Å². The predicted octanol–water partition coefficient (Wildman–Crippen LogP) is 0.436. The summed E-state index contributed by atoms with van der Waals surface area (Å²) in [6, 6.07) is 0.101. The molecular weight excluding hydrogens is 282 g/mol. The first kappa shape index (κ1) is 19.0. The van der Waals surface area contributed by atoms with Crippen LogP contribution >= 0.6 is 0 Å². The fourth-order valence-electron chi connectivity index (χ4n) is 1.60. The molecule has 118 valence electrons. The highest BCUT2D eigenvalue weighted by Gasteiger charge is 2.28. The average Bonchev–Trinajstić information content (AvgIpc) is 2.48. The molecule has 0 heterocycles. The second-order valence-corrected chi connectivity index (χ2v) is 8.04. The largest absolute Gasteiger partial charge is 0.469 e. The number of ether oxygens (including phenoxy) is 2. The van der Waals surface area contributed by atoms with Gasteiger partial charge in [0.2, 0.25) is 0 Å². The van der Waals surface area contributed by atoms with Crippen molar-refractivity contribution < 1.29 is 27.9 Å². The van der Waals surface area contributed by atoms with E-state index in [1.807, 2.05) is 6.55 Å². The number of carbonyl (C=O) groups excluding carboxylic acids is 2. The summed E-state index contributed by atoms with van der Waals surface area (Å²) >= 11 is 0. The molecule has 0 spiro atoms. The van der Waals surface area contributed by atoms with Gasteiger partial charge in [-0.25, -0.2) is 0 Å². The third kappa shape index (κ3) is 6.99. The summed E-state index contributed by atoms with van der Waals surface area (Å²) in [6.45, 7) is 2.53. The number of nitrogens with one attached hydrogen (secondary N) is 1. The summed E-state index contributed by atoms with van der Waals surface area (Å²) in [5.41, 5.74) is 0. The van der Waals surface area contributed by atoms with E-state index in [1.54, 1.807) is 14.2 Å². The van der Waals surface area contributed by atoms with E-state index < -0.39 is 26.5 Å². The van der Waals surface area contributed by atoms with Crippen LogP contribution in [0, 0.1) is 0 Å². The van der Waals surface area contributed by atoms with Crippen molar-refractivity contribution in [2.45, 2.75) is 31.5 Å². The smallest absolute Gasteiger partial charge is 0.334 e. The molecule has 0 aromatic heterocycles. The summed E-state index contributed by atoms with van der Waals surface area (Å²) in [7, 11) is 3.75. The summed E-state index contributed by atoms with van der Waals surface area (Å²) in [5, 5.41) is 2.99. The molecule has 8 heteroatoms. The highest BCUT2D eigenvalue weighted by Crippen LogP contribution is 2.13. The SMILES string of the molecule is COC(=O)CC(NCCC[Si](C)(OC)OC)C(=O)OC. The van der Waals surface area contributed by atoms with Gasteiger partial charge in [0.15, 0.2) is 0 Å². The quantitative estimate of drug-likeness (QED) is 0.356. The Morgan fingerprint density at radius 2 is 1.70 bits per heavy atom. The van der Waals surface area contributed by atoms with Crippen molar-refractivity contribution in [2.75, 3.05) is 35.0 Å². The molecule has 0 aromatic rings. The lowest BCUT2D eigenvalue weighted by Crippen LogP contribution is -2.41. The van der Waals surface area contributed by atoms with Crippen LogP contribution in [0.5, 0.6) is 0 Å². The first-order chi connectivity index (χ1) is 9.42. The minimum Gasteiger partial charge on any atom is -0.469 e. The molecule has 1 atom stereocenters. The Bertz CT molecular complexity index is 308. The Hall–Kier alpha value is -0.963. The van der Waals surface area contributed by atoms with Crippen LogP contribution in [0.3, 0.4) is 0 Å². The minimum absolute atomic E-state index is 0.0492. The minimum atomic E-state index is -2.09. The molecular formula is C12H25NO6Si. The van der Waals surface area contributed by atoms with Gasteiger partial charge >= 0.3 is 20.5 Å². The van der Waals surface area contributed by atoms with Gasteiger partial charge < -0.3 is 23.6 Å². The van der Waals surface area contributed by atoms with Crippen LogP contribution in [0.25, 0.3) is 0 Å². The van der Waals surface area contributed by atoms with Crippen LogP contribution in [0.1, 0.15) is 12.8 Å². The molecule has 0 saturated carbocycles. The molecule has 0 rings (SSSR count). The second kappa shape index (κ2) is 9.86. The van der Waals surface area contributed by atoms with Crippen molar-refractivity contribution in [3.05, 3.63) is 0 Å². The lowest BCUT2D eigenvalue weighted by molar-refractivity contribution is -0.149. The van der Waals surface area contributed by atoms with E-state index in [4.69, 9.17) is 8.85 Å². The third-order valence-electron chi connectivity index (χ3n) is 3.15. The zero-order valence-electron chi connectivity index (χ0n) is 12.9. The fourth-order valence-corrected chi connectivity index (χ4v) is 3.00. The highest BCUT2D eigenvalue weighted by atomic mass is 28.4. The lowest BCUT2D eigenvalue weighted by Gasteiger charge is -2.23. The van der Waals surface area contributed by atoms with Gasteiger partial charge in [-0.05, 0) is 25.6 Å². The van der Waals surface area contributed by atoms with Crippen LogP contribution in [0.2, 0.25) is 12.6 Å². The molecule has 20 heavy (non-hydrogen) atoms. The average molecular weight is 307 g/mol. The molecule has 7 nitrogen and oxygen atoms in total. The van der Waals surface area contributed by atoms with Crippen molar-refractivity contribution in [1.82, 2.24) is 5.32 Å². The van der Waals surface area contributed by atoms with E-state index in [1.165, 1.54) is 14.2 Å².